The number of esters is 1. The van der Waals surface area contributed by atoms with E-state index in [1.54, 1.807) is 6.07 Å². The Morgan fingerprint density at radius 1 is 1.39 bits per heavy atom. The SMILES string of the molecule is CCCOCc1cccc(Cl)c1OCOC(C)=O. The van der Waals surface area contributed by atoms with Crippen molar-refractivity contribution < 1.29 is 19.0 Å². The van der Waals surface area contributed by atoms with Gasteiger partial charge in [-0.2, -0.15) is 0 Å². The molecule has 4 nitrogen and oxygen atoms in total. The van der Waals surface area contributed by atoms with E-state index in [9.17, 15) is 4.79 Å². The fraction of sp³-hybridized carbons (Fsp3) is 0.462. The third-order valence-corrected chi connectivity index (χ3v) is 2.42. The molecule has 100 valence electrons. The molecule has 0 aliphatic heterocycles. The summed E-state index contributed by atoms with van der Waals surface area (Å²) >= 11 is 6.04. The Balaban J connectivity index is 2.64. The molecule has 0 saturated heterocycles. The number of rotatable bonds is 7. The zero-order chi connectivity index (χ0) is 13.4. The van der Waals surface area contributed by atoms with Crippen LogP contribution in [0.4, 0.5) is 0 Å². The molecule has 0 fully saturated rings. The van der Waals surface area contributed by atoms with Crippen molar-refractivity contribution in [2.45, 2.75) is 26.9 Å². The van der Waals surface area contributed by atoms with Crippen molar-refractivity contribution >= 4 is 17.6 Å². The lowest BCUT2D eigenvalue weighted by Crippen LogP contribution is -2.08. The van der Waals surface area contributed by atoms with E-state index in [4.69, 9.17) is 25.8 Å². The average molecular weight is 273 g/mol. The fourth-order valence-corrected chi connectivity index (χ4v) is 1.58. The van der Waals surface area contributed by atoms with E-state index in [1.165, 1.54) is 6.92 Å². The summed E-state index contributed by atoms with van der Waals surface area (Å²) in [6.07, 6.45) is 0.949. The Morgan fingerprint density at radius 2 is 2.17 bits per heavy atom. The molecule has 0 spiro atoms. The van der Waals surface area contributed by atoms with E-state index in [1.807, 2.05) is 19.1 Å². The van der Waals surface area contributed by atoms with E-state index in [0.717, 1.165) is 12.0 Å². The second-order valence-electron chi connectivity index (χ2n) is 3.68. The Labute approximate surface area is 112 Å². The van der Waals surface area contributed by atoms with E-state index < -0.39 is 5.97 Å². The van der Waals surface area contributed by atoms with E-state index in [2.05, 4.69) is 0 Å². The molecular weight excluding hydrogens is 256 g/mol. The van der Waals surface area contributed by atoms with Crippen LogP contribution < -0.4 is 4.74 Å². The molecule has 0 radical (unpaired) electrons. The summed E-state index contributed by atoms with van der Waals surface area (Å²) in [6, 6.07) is 5.41. The van der Waals surface area contributed by atoms with Gasteiger partial charge in [0.2, 0.25) is 6.79 Å². The largest absolute Gasteiger partial charge is 0.455 e. The van der Waals surface area contributed by atoms with Crippen LogP contribution in [0.15, 0.2) is 18.2 Å². The van der Waals surface area contributed by atoms with Gasteiger partial charge in [-0.15, -0.1) is 0 Å². The summed E-state index contributed by atoms with van der Waals surface area (Å²) in [6.45, 7) is 4.30. The highest BCUT2D eigenvalue weighted by molar-refractivity contribution is 6.32. The van der Waals surface area contributed by atoms with Gasteiger partial charge in [-0.05, 0) is 12.5 Å². The van der Waals surface area contributed by atoms with Crippen LogP contribution in [0.3, 0.4) is 0 Å². The third kappa shape index (κ3) is 4.94. The lowest BCUT2D eigenvalue weighted by Gasteiger charge is -2.12. The molecule has 0 aromatic heterocycles. The minimum Gasteiger partial charge on any atom is -0.455 e. The predicted molar refractivity (Wildman–Crippen MR) is 68.7 cm³/mol. The molecule has 0 aliphatic rings. The summed E-state index contributed by atoms with van der Waals surface area (Å²) in [7, 11) is 0. The third-order valence-electron chi connectivity index (χ3n) is 2.12. The molecule has 0 heterocycles. The van der Waals surface area contributed by atoms with E-state index >= 15 is 0 Å². The van der Waals surface area contributed by atoms with Crippen molar-refractivity contribution in [2.24, 2.45) is 0 Å². The summed E-state index contributed by atoms with van der Waals surface area (Å²) < 4.78 is 15.5. The van der Waals surface area contributed by atoms with Crippen molar-refractivity contribution in [3.8, 4) is 5.75 Å². The Kier molecular flexibility index (Phi) is 6.54. The molecule has 1 aromatic rings. The van der Waals surface area contributed by atoms with Gasteiger partial charge in [-0.25, -0.2) is 0 Å². The number of carbonyl (C=O) groups excluding carboxylic acids is 1. The Bertz CT molecular complexity index is 393. The second kappa shape index (κ2) is 7.95. The van der Waals surface area contributed by atoms with Crippen molar-refractivity contribution in [3.63, 3.8) is 0 Å². The lowest BCUT2D eigenvalue weighted by molar-refractivity contribution is -0.147. The molecule has 0 bridgehead atoms. The second-order valence-corrected chi connectivity index (χ2v) is 4.09. The number of hydrogen-bond donors (Lipinski definition) is 0. The molecule has 0 atom stereocenters. The zero-order valence-electron chi connectivity index (χ0n) is 10.6. The van der Waals surface area contributed by atoms with E-state index in [0.29, 0.717) is 24.0 Å². The summed E-state index contributed by atoms with van der Waals surface area (Å²) in [5.74, 6) is 0.0994. The van der Waals surface area contributed by atoms with Gasteiger partial charge >= 0.3 is 5.97 Å². The average Bonchev–Trinajstić information content (AvgIpc) is 2.32. The molecular formula is C13H17ClO4. The molecule has 0 amide bonds. The van der Waals surface area contributed by atoms with Gasteiger partial charge in [-0.1, -0.05) is 30.7 Å². The molecule has 0 unspecified atom stereocenters. The maximum Gasteiger partial charge on any atom is 0.305 e. The smallest absolute Gasteiger partial charge is 0.305 e. The van der Waals surface area contributed by atoms with Gasteiger partial charge in [-0.3, -0.25) is 4.79 Å². The minimum absolute atomic E-state index is 0.153. The first-order valence-corrected chi connectivity index (χ1v) is 6.14. The van der Waals surface area contributed by atoms with Crippen LogP contribution in [0.2, 0.25) is 5.02 Å². The van der Waals surface area contributed by atoms with Gasteiger partial charge < -0.3 is 14.2 Å². The standard InChI is InChI=1S/C13H17ClO4/c1-3-7-16-8-11-5-4-6-12(14)13(11)18-9-17-10(2)15/h4-6H,3,7-9H2,1-2H3. The summed E-state index contributed by atoms with van der Waals surface area (Å²) in [5, 5.41) is 0.472. The number of benzene rings is 1. The Hall–Kier alpha value is -1.26. The number of ether oxygens (including phenoxy) is 3. The lowest BCUT2D eigenvalue weighted by atomic mass is 10.2. The first-order valence-electron chi connectivity index (χ1n) is 5.76. The number of para-hydroxylation sites is 1. The highest BCUT2D eigenvalue weighted by Crippen LogP contribution is 2.29. The van der Waals surface area contributed by atoms with Crippen molar-refractivity contribution in [2.75, 3.05) is 13.4 Å². The van der Waals surface area contributed by atoms with Crippen LogP contribution in [0, 0.1) is 0 Å². The highest BCUT2D eigenvalue weighted by Gasteiger charge is 2.09. The summed E-state index contributed by atoms with van der Waals surface area (Å²) in [4.78, 5) is 10.7. The van der Waals surface area contributed by atoms with Crippen LogP contribution in [0.1, 0.15) is 25.8 Å². The van der Waals surface area contributed by atoms with Crippen molar-refractivity contribution in [3.05, 3.63) is 28.8 Å². The molecule has 18 heavy (non-hydrogen) atoms. The molecule has 0 aliphatic carbocycles. The molecule has 0 N–H and O–H groups in total. The number of hydrogen-bond acceptors (Lipinski definition) is 4. The number of carbonyl (C=O) groups is 1. The first-order chi connectivity index (χ1) is 8.65. The van der Waals surface area contributed by atoms with Crippen LogP contribution in [-0.2, 0) is 20.9 Å². The zero-order valence-corrected chi connectivity index (χ0v) is 11.3. The minimum atomic E-state index is -0.397. The Morgan fingerprint density at radius 3 is 2.83 bits per heavy atom. The first kappa shape index (κ1) is 14.8. The van der Waals surface area contributed by atoms with Gasteiger partial charge in [0.15, 0.2) is 0 Å². The maximum absolute atomic E-state index is 10.7. The topological polar surface area (TPSA) is 44.8 Å². The molecule has 0 saturated carbocycles. The van der Waals surface area contributed by atoms with E-state index in [-0.39, 0.29) is 6.79 Å². The van der Waals surface area contributed by atoms with Crippen LogP contribution in [0.5, 0.6) is 5.75 Å². The van der Waals surface area contributed by atoms with Crippen molar-refractivity contribution in [1.82, 2.24) is 0 Å². The number of halogens is 1. The van der Waals surface area contributed by atoms with Crippen LogP contribution in [0.25, 0.3) is 0 Å². The monoisotopic (exact) mass is 272 g/mol. The molecule has 5 heteroatoms. The normalized spacial score (nSPS) is 10.2. The molecule has 1 rings (SSSR count). The fourth-order valence-electron chi connectivity index (χ4n) is 1.33. The maximum atomic E-state index is 10.7. The highest BCUT2D eigenvalue weighted by atomic mass is 35.5. The van der Waals surface area contributed by atoms with Gasteiger partial charge in [0.05, 0.1) is 11.6 Å². The molecule has 1 aromatic carbocycles. The summed E-state index contributed by atoms with van der Waals surface area (Å²) in [5.41, 5.74) is 0.836. The van der Waals surface area contributed by atoms with Gasteiger partial charge in [0.25, 0.3) is 0 Å². The van der Waals surface area contributed by atoms with Crippen LogP contribution >= 0.6 is 11.6 Å². The van der Waals surface area contributed by atoms with Crippen LogP contribution in [-0.4, -0.2) is 19.4 Å². The predicted octanol–water partition coefficient (Wildman–Crippen LogP) is 3.17. The quantitative estimate of drug-likeness (QED) is 0.434. The van der Waals surface area contributed by atoms with Gasteiger partial charge in [0.1, 0.15) is 5.75 Å². The van der Waals surface area contributed by atoms with Gasteiger partial charge in [0, 0.05) is 19.1 Å². The van der Waals surface area contributed by atoms with Crippen molar-refractivity contribution in [1.29, 1.82) is 0 Å².